The summed E-state index contributed by atoms with van der Waals surface area (Å²) in [7, 11) is -3.43. The molecule has 1 aromatic rings. The highest BCUT2D eigenvalue weighted by atomic mass is 32.2. The van der Waals surface area contributed by atoms with Crippen LogP contribution in [0.4, 0.5) is 0 Å². The highest BCUT2D eigenvalue weighted by Gasteiger charge is 2.53. The average molecular weight is 284 g/mol. The molecule has 6 nitrogen and oxygen atoms in total. The van der Waals surface area contributed by atoms with Gasteiger partial charge in [0.1, 0.15) is 4.90 Å². The van der Waals surface area contributed by atoms with E-state index in [1.165, 1.54) is 25.2 Å². The standard InChI is InChI=1S/C12H20N4O2S/c13-5-6-16-8-11(7-14-16)19(17,18)15-9-12(3-4-12)10-1-2-10/h7-8,10,15H,1-6,9,13H2. The molecule has 0 spiro atoms. The second-order valence-electron chi connectivity index (χ2n) is 5.69. The number of sulfonamides is 1. The number of nitrogens with zero attached hydrogens (tertiary/aromatic N) is 2. The lowest BCUT2D eigenvalue weighted by molar-refractivity contribution is 0.432. The van der Waals surface area contributed by atoms with E-state index in [2.05, 4.69) is 9.82 Å². The van der Waals surface area contributed by atoms with E-state index in [9.17, 15) is 8.42 Å². The molecule has 2 aliphatic rings. The van der Waals surface area contributed by atoms with Gasteiger partial charge in [0, 0.05) is 19.3 Å². The van der Waals surface area contributed by atoms with Crippen LogP contribution in [0.3, 0.4) is 0 Å². The van der Waals surface area contributed by atoms with Gasteiger partial charge in [-0.2, -0.15) is 5.10 Å². The third-order valence-electron chi connectivity index (χ3n) is 4.23. The molecule has 2 saturated carbocycles. The fourth-order valence-corrected chi connectivity index (χ4v) is 3.74. The first-order valence-electron chi connectivity index (χ1n) is 6.78. The molecule has 7 heteroatoms. The van der Waals surface area contributed by atoms with Gasteiger partial charge in [-0.05, 0) is 37.0 Å². The number of aromatic nitrogens is 2. The minimum absolute atomic E-state index is 0.229. The summed E-state index contributed by atoms with van der Waals surface area (Å²) in [5.74, 6) is 0.746. The lowest BCUT2D eigenvalue weighted by Crippen LogP contribution is -2.31. The van der Waals surface area contributed by atoms with Crippen molar-refractivity contribution in [2.24, 2.45) is 17.1 Å². The number of hydrogen-bond acceptors (Lipinski definition) is 4. The van der Waals surface area contributed by atoms with Gasteiger partial charge in [-0.15, -0.1) is 0 Å². The number of rotatable bonds is 7. The zero-order chi connectivity index (χ0) is 13.5. The van der Waals surface area contributed by atoms with Gasteiger partial charge in [-0.1, -0.05) is 0 Å². The van der Waals surface area contributed by atoms with E-state index in [4.69, 9.17) is 5.73 Å². The monoisotopic (exact) mass is 284 g/mol. The molecule has 0 radical (unpaired) electrons. The molecule has 1 aromatic heterocycles. The van der Waals surface area contributed by atoms with Crippen LogP contribution in [0.1, 0.15) is 25.7 Å². The van der Waals surface area contributed by atoms with Crippen LogP contribution in [0.15, 0.2) is 17.3 Å². The molecular weight excluding hydrogens is 264 g/mol. The first kappa shape index (κ1) is 13.1. The van der Waals surface area contributed by atoms with E-state index in [0.717, 1.165) is 18.8 Å². The summed E-state index contributed by atoms with van der Waals surface area (Å²) in [6.45, 7) is 1.54. The van der Waals surface area contributed by atoms with Crippen LogP contribution in [-0.2, 0) is 16.6 Å². The van der Waals surface area contributed by atoms with Crippen molar-refractivity contribution in [2.45, 2.75) is 37.1 Å². The fourth-order valence-electron chi connectivity index (χ4n) is 2.65. The van der Waals surface area contributed by atoms with Gasteiger partial charge in [0.25, 0.3) is 0 Å². The molecule has 0 atom stereocenters. The molecule has 0 aliphatic heterocycles. The maximum absolute atomic E-state index is 12.2. The van der Waals surface area contributed by atoms with Crippen LogP contribution in [0, 0.1) is 11.3 Å². The van der Waals surface area contributed by atoms with Crippen molar-refractivity contribution < 1.29 is 8.42 Å². The van der Waals surface area contributed by atoms with Gasteiger partial charge in [0.05, 0.1) is 12.7 Å². The number of nitrogens with one attached hydrogen (secondary N) is 1. The van der Waals surface area contributed by atoms with Crippen LogP contribution in [0.2, 0.25) is 0 Å². The zero-order valence-electron chi connectivity index (χ0n) is 10.9. The van der Waals surface area contributed by atoms with Crippen molar-refractivity contribution in [1.29, 1.82) is 0 Å². The highest BCUT2D eigenvalue weighted by molar-refractivity contribution is 7.89. The van der Waals surface area contributed by atoms with Gasteiger partial charge in [0.2, 0.25) is 10.0 Å². The Balaban J connectivity index is 1.64. The Bertz CT molecular complexity index is 558. The molecule has 2 aliphatic carbocycles. The van der Waals surface area contributed by atoms with Crippen LogP contribution >= 0.6 is 0 Å². The number of nitrogens with two attached hydrogens (primary N) is 1. The van der Waals surface area contributed by atoms with Gasteiger partial charge in [-0.25, -0.2) is 13.1 Å². The summed E-state index contributed by atoms with van der Waals surface area (Å²) >= 11 is 0. The Hall–Kier alpha value is -0.920. The van der Waals surface area contributed by atoms with Crippen LogP contribution in [-0.4, -0.2) is 31.3 Å². The van der Waals surface area contributed by atoms with Crippen molar-refractivity contribution >= 4 is 10.0 Å². The van der Waals surface area contributed by atoms with E-state index in [1.807, 2.05) is 0 Å². The van der Waals surface area contributed by atoms with Gasteiger partial charge in [-0.3, -0.25) is 4.68 Å². The molecule has 19 heavy (non-hydrogen) atoms. The Morgan fingerprint density at radius 1 is 1.47 bits per heavy atom. The summed E-state index contributed by atoms with van der Waals surface area (Å²) in [5, 5.41) is 4.00. The molecule has 0 saturated heterocycles. The molecule has 3 rings (SSSR count). The molecule has 0 amide bonds. The molecular formula is C12H20N4O2S. The fraction of sp³-hybridized carbons (Fsp3) is 0.750. The summed E-state index contributed by atoms with van der Waals surface area (Å²) in [5.41, 5.74) is 5.68. The topological polar surface area (TPSA) is 90.0 Å². The molecule has 106 valence electrons. The van der Waals surface area contributed by atoms with E-state index >= 15 is 0 Å². The minimum Gasteiger partial charge on any atom is -0.329 e. The van der Waals surface area contributed by atoms with Gasteiger partial charge >= 0.3 is 0 Å². The summed E-state index contributed by atoms with van der Waals surface area (Å²) in [6.07, 6.45) is 7.76. The van der Waals surface area contributed by atoms with Crippen molar-refractivity contribution in [3.63, 3.8) is 0 Å². The van der Waals surface area contributed by atoms with E-state index in [-0.39, 0.29) is 10.3 Å². The maximum Gasteiger partial charge on any atom is 0.243 e. The maximum atomic E-state index is 12.2. The number of hydrogen-bond donors (Lipinski definition) is 2. The second-order valence-corrected chi connectivity index (χ2v) is 7.46. The lowest BCUT2D eigenvalue weighted by Gasteiger charge is -2.14. The summed E-state index contributed by atoms with van der Waals surface area (Å²) < 4.78 is 28.6. The largest absolute Gasteiger partial charge is 0.329 e. The molecule has 2 fully saturated rings. The van der Waals surface area contributed by atoms with E-state index < -0.39 is 10.0 Å². The zero-order valence-corrected chi connectivity index (χ0v) is 11.7. The third-order valence-corrected chi connectivity index (χ3v) is 5.58. The van der Waals surface area contributed by atoms with E-state index in [1.54, 1.807) is 4.68 Å². The van der Waals surface area contributed by atoms with Crippen LogP contribution < -0.4 is 10.5 Å². The van der Waals surface area contributed by atoms with Crippen LogP contribution in [0.5, 0.6) is 0 Å². The Kier molecular flexibility index (Phi) is 3.15. The van der Waals surface area contributed by atoms with Crippen molar-refractivity contribution in [1.82, 2.24) is 14.5 Å². The van der Waals surface area contributed by atoms with Crippen molar-refractivity contribution in [3.8, 4) is 0 Å². The Morgan fingerprint density at radius 3 is 2.79 bits per heavy atom. The SMILES string of the molecule is NCCn1cc(S(=O)(=O)NCC2(C3CC3)CC2)cn1. The molecule has 0 aromatic carbocycles. The highest BCUT2D eigenvalue weighted by Crippen LogP contribution is 2.60. The predicted molar refractivity (Wildman–Crippen MR) is 70.9 cm³/mol. The minimum atomic E-state index is -3.43. The van der Waals surface area contributed by atoms with E-state index in [0.29, 0.717) is 19.6 Å². The van der Waals surface area contributed by atoms with Crippen molar-refractivity contribution in [3.05, 3.63) is 12.4 Å². The summed E-state index contributed by atoms with van der Waals surface area (Å²) in [6, 6.07) is 0. The van der Waals surface area contributed by atoms with Crippen LogP contribution in [0.25, 0.3) is 0 Å². The molecule has 1 heterocycles. The first-order valence-corrected chi connectivity index (χ1v) is 8.26. The second kappa shape index (κ2) is 4.57. The average Bonchev–Trinajstić information content (AvgIpc) is 3.26. The Morgan fingerprint density at radius 2 is 2.21 bits per heavy atom. The van der Waals surface area contributed by atoms with Gasteiger partial charge in [0.15, 0.2) is 0 Å². The predicted octanol–water partition coefficient (Wildman–Crippen LogP) is 0.310. The smallest absolute Gasteiger partial charge is 0.243 e. The third kappa shape index (κ3) is 2.68. The molecule has 3 N–H and O–H groups in total. The summed E-state index contributed by atoms with van der Waals surface area (Å²) in [4.78, 5) is 0.229. The normalized spacial score (nSPS) is 21.5. The van der Waals surface area contributed by atoms with Gasteiger partial charge < -0.3 is 5.73 Å². The molecule has 0 unspecified atom stereocenters. The lowest BCUT2D eigenvalue weighted by atomic mass is 10.0. The van der Waals surface area contributed by atoms with Crippen molar-refractivity contribution in [2.75, 3.05) is 13.1 Å². The quantitative estimate of drug-likeness (QED) is 0.754. The Labute approximate surface area is 113 Å². The molecule has 0 bridgehead atoms. The first-order chi connectivity index (χ1) is 9.06.